The summed E-state index contributed by atoms with van der Waals surface area (Å²) in [5.41, 5.74) is 1.10. The summed E-state index contributed by atoms with van der Waals surface area (Å²) in [7, 11) is 4.33. The Labute approximate surface area is 128 Å². The van der Waals surface area contributed by atoms with Crippen molar-refractivity contribution in [1.29, 1.82) is 0 Å². The third kappa shape index (κ3) is 4.93. The zero-order chi connectivity index (χ0) is 15.5. The van der Waals surface area contributed by atoms with Gasteiger partial charge in [0.2, 0.25) is 0 Å². The SMILES string of the molecule is CN(C)C1CCN(c2ccc(CNC(C)(C)C)nn2)CC1. The van der Waals surface area contributed by atoms with Crippen molar-refractivity contribution in [1.82, 2.24) is 20.4 Å². The zero-order valence-electron chi connectivity index (χ0n) is 14.1. The van der Waals surface area contributed by atoms with Crippen molar-refractivity contribution in [3.05, 3.63) is 17.8 Å². The minimum Gasteiger partial charge on any atom is -0.355 e. The van der Waals surface area contributed by atoms with Crippen LogP contribution in [0, 0.1) is 0 Å². The van der Waals surface area contributed by atoms with Crippen LogP contribution in [0.3, 0.4) is 0 Å². The highest BCUT2D eigenvalue weighted by atomic mass is 15.3. The molecular formula is C16H29N5. The van der Waals surface area contributed by atoms with Crippen LogP contribution in [0.1, 0.15) is 39.3 Å². The highest BCUT2D eigenvalue weighted by molar-refractivity contribution is 5.37. The number of hydrogen-bond donors (Lipinski definition) is 1. The van der Waals surface area contributed by atoms with Crippen LogP contribution in [0.4, 0.5) is 5.82 Å². The van der Waals surface area contributed by atoms with Crippen molar-refractivity contribution >= 4 is 5.82 Å². The molecule has 1 aliphatic heterocycles. The molecule has 0 radical (unpaired) electrons. The zero-order valence-corrected chi connectivity index (χ0v) is 14.1. The van der Waals surface area contributed by atoms with E-state index in [1.54, 1.807) is 0 Å². The van der Waals surface area contributed by atoms with Crippen molar-refractivity contribution < 1.29 is 0 Å². The predicted molar refractivity (Wildman–Crippen MR) is 87.5 cm³/mol. The van der Waals surface area contributed by atoms with Gasteiger partial charge in [-0.15, -0.1) is 5.10 Å². The highest BCUT2D eigenvalue weighted by Gasteiger charge is 2.21. The van der Waals surface area contributed by atoms with Crippen LogP contribution >= 0.6 is 0 Å². The Bertz CT molecular complexity index is 427. The molecule has 0 bridgehead atoms. The number of nitrogens with zero attached hydrogens (tertiary/aromatic N) is 4. The van der Waals surface area contributed by atoms with Gasteiger partial charge in [0.05, 0.1) is 5.69 Å². The molecule has 2 heterocycles. The quantitative estimate of drug-likeness (QED) is 0.918. The monoisotopic (exact) mass is 291 g/mol. The maximum Gasteiger partial charge on any atom is 0.151 e. The second-order valence-corrected chi connectivity index (χ2v) is 7.17. The van der Waals surface area contributed by atoms with Gasteiger partial charge in [-0.3, -0.25) is 0 Å². The lowest BCUT2D eigenvalue weighted by Crippen LogP contribution is -2.42. The van der Waals surface area contributed by atoms with Gasteiger partial charge in [0.15, 0.2) is 5.82 Å². The summed E-state index contributed by atoms with van der Waals surface area (Å²) in [6.07, 6.45) is 2.39. The summed E-state index contributed by atoms with van der Waals surface area (Å²) < 4.78 is 0. The maximum atomic E-state index is 4.40. The molecule has 118 valence electrons. The summed E-state index contributed by atoms with van der Waals surface area (Å²) in [5.74, 6) is 1.01. The van der Waals surface area contributed by atoms with E-state index in [1.807, 2.05) is 0 Å². The molecule has 0 unspecified atom stereocenters. The van der Waals surface area contributed by atoms with Crippen LogP contribution in [-0.4, -0.2) is 53.9 Å². The fourth-order valence-corrected chi connectivity index (χ4v) is 2.58. The van der Waals surface area contributed by atoms with Gasteiger partial charge < -0.3 is 15.1 Å². The molecule has 5 heteroatoms. The lowest BCUT2D eigenvalue weighted by Gasteiger charge is -2.35. The molecule has 0 atom stereocenters. The molecule has 1 aromatic rings. The van der Waals surface area contributed by atoms with Crippen LogP contribution < -0.4 is 10.2 Å². The first-order valence-corrected chi connectivity index (χ1v) is 7.84. The van der Waals surface area contributed by atoms with Crippen molar-refractivity contribution in [2.45, 2.75) is 51.7 Å². The van der Waals surface area contributed by atoms with Crippen LogP contribution in [0.5, 0.6) is 0 Å². The van der Waals surface area contributed by atoms with Crippen LogP contribution in [-0.2, 0) is 6.54 Å². The summed E-state index contributed by atoms with van der Waals surface area (Å²) in [6, 6.07) is 4.88. The van der Waals surface area contributed by atoms with E-state index >= 15 is 0 Å². The average molecular weight is 291 g/mol. The molecule has 0 aromatic carbocycles. The highest BCUT2D eigenvalue weighted by Crippen LogP contribution is 2.19. The van der Waals surface area contributed by atoms with E-state index in [4.69, 9.17) is 0 Å². The van der Waals surface area contributed by atoms with E-state index in [1.165, 1.54) is 12.8 Å². The maximum absolute atomic E-state index is 4.40. The molecule has 0 spiro atoms. The van der Waals surface area contributed by atoms with Crippen molar-refractivity contribution in [3.63, 3.8) is 0 Å². The van der Waals surface area contributed by atoms with Crippen LogP contribution in [0.25, 0.3) is 0 Å². The first-order chi connectivity index (χ1) is 9.85. The van der Waals surface area contributed by atoms with Gasteiger partial charge in [-0.1, -0.05) is 0 Å². The molecule has 21 heavy (non-hydrogen) atoms. The fourth-order valence-electron chi connectivity index (χ4n) is 2.58. The molecule has 0 aliphatic carbocycles. The van der Waals surface area contributed by atoms with Crippen LogP contribution in [0.15, 0.2) is 12.1 Å². The predicted octanol–water partition coefficient (Wildman–Crippen LogP) is 1.90. The topological polar surface area (TPSA) is 44.3 Å². The lowest BCUT2D eigenvalue weighted by molar-refractivity contribution is 0.249. The van der Waals surface area contributed by atoms with Crippen molar-refractivity contribution in [2.24, 2.45) is 0 Å². The molecular weight excluding hydrogens is 262 g/mol. The number of aromatic nitrogens is 2. The Morgan fingerprint density at radius 2 is 1.86 bits per heavy atom. The van der Waals surface area contributed by atoms with E-state index in [2.05, 4.69) is 72.3 Å². The number of rotatable bonds is 4. The molecule has 1 aliphatic rings. The van der Waals surface area contributed by atoms with Gasteiger partial charge >= 0.3 is 0 Å². The van der Waals surface area contributed by atoms with E-state index < -0.39 is 0 Å². The summed E-state index contributed by atoms with van der Waals surface area (Å²) >= 11 is 0. The molecule has 1 fully saturated rings. The van der Waals surface area contributed by atoms with Crippen LogP contribution in [0.2, 0.25) is 0 Å². The largest absolute Gasteiger partial charge is 0.355 e. The Kier molecular flexibility index (Phi) is 5.17. The Morgan fingerprint density at radius 1 is 1.19 bits per heavy atom. The molecule has 0 saturated carbocycles. The minimum atomic E-state index is 0.106. The third-order valence-electron chi connectivity index (χ3n) is 4.02. The summed E-state index contributed by atoms with van der Waals surface area (Å²) in [5, 5.41) is 12.2. The van der Waals surface area contributed by atoms with E-state index in [-0.39, 0.29) is 5.54 Å². The molecule has 1 N–H and O–H groups in total. The summed E-state index contributed by atoms with van der Waals surface area (Å²) in [6.45, 7) is 9.37. The van der Waals surface area contributed by atoms with E-state index in [9.17, 15) is 0 Å². The van der Waals surface area contributed by atoms with Gasteiger partial charge in [0.1, 0.15) is 0 Å². The Hall–Kier alpha value is -1.20. The molecule has 1 saturated heterocycles. The molecule has 2 rings (SSSR count). The van der Waals surface area contributed by atoms with Gasteiger partial charge in [-0.2, -0.15) is 5.10 Å². The number of piperidine rings is 1. The molecule has 0 amide bonds. The van der Waals surface area contributed by atoms with Gasteiger partial charge in [-0.25, -0.2) is 0 Å². The third-order valence-corrected chi connectivity index (χ3v) is 4.02. The van der Waals surface area contributed by atoms with Crippen molar-refractivity contribution in [2.75, 3.05) is 32.1 Å². The Balaban J connectivity index is 1.88. The number of anilines is 1. The minimum absolute atomic E-state index is 0.106. The van der Waals surface area contributed by atoms with E-state index in [0.29, 0.717) is 6.04 Å². The van der Waals surface area contributed by atoms with Crippen molar-refractivity contribution in [3.8, 4) is 0 Å². The standard InChI is InChI=1S/C16H29N5/c1-16(2,3)17-12-13-6-7-15(19-18-13)21-10-8-14(9-11-21)20(4)5/h6-7,14,17H,8-12H2,1-5H3. The number of hydrogen-bond acceptors (Lipinski definition) is 5. The lowest BCUT2D eigenvalue weighted by atomic mass is 10.0. The molecule has 1 aromatic heterocycles. The van der Waals surface area contributed by atoms with Gasteiger partial charge in [0, 0.05) is 31.2 Å². The first kappa shape index (κ1) is 16.2. The van der Waals surface area contributed by atoms with E-state index in [0.717, 1.165) is 31.1 Å². The normalized spacial score (nSPS) is 17.5. The average Bonchev–Trinajstić information content (AvgIpc) is 2.45. The first-order valence-electron chi connectivity index (χ1n) is 7.84. The number of nitrogens with one attached hydrogen (secondary N) is 1. The Morgan fingerprint density at radius 3 is 2.33 bits per heavy atom. The second kappa shape index (κ2) is 6.71. The second-order valence-electron chi connectivity index (χ2n) is 7.17. The fraction of sp³-hybridized carbons (Fsp3) is 0.750. The smallest absolute Gasteiger partial charge is 0.151 e. The summed E-state index contributed by atoms with van der Waals surface area (Å²) in [4.78, 5) is 4.66. The van der Waals surface area contributed by atoms with Gasteiger partial charge in [0.25, 0.3) is 0 Å². The molecule has 5 nitrogen and oxygen atoms in total. The van der Waals surface area contributed by atoms with Gasteiger partial charge in [-0.05, 0) is 59.8 Å².